The molecule has 7 rings (SSSR count). The highest BCUT2D eigenvalue weighted by Crippen LogP contribution is 2.53. The Hall–Kier alpha value is -2.97. The molecule has 3 saturated heterocycles. The van der Waals surface area contributed by atoms with Crippen LogP contribution < -0.4 is 10.2 Å². The van der Waals surface area contributed by atoms with Gasteiger partial charge in [0.05, 0.1) is 12.1 Å². The first-order valence-corrected chi connectivity index (χ1v) is 15.6. The van der Waals surface area contributed by atoms with E-state index in [0.717, 1.165) is 75.8 Å². The Bertz CT molecular complexity index is 1270. The number of rotatable bonds is 6. The topological polar surface area (TPSA) is 124 Å². The largest absolute Gasteiger partial charge is 0.381 e. The Morgan fingerprint density at radius 3 is 2.46 bits per heavy atom. The molecule has 5 heterocycles. The van der Waals surface area contributed by atoms with Crippen molar-refractivity contribution in [3.8, 4) is 6.07 Å². The average molecular weight is 564 g/mol. The minimum atomic E-state index is -0.722. The Labute approximate surface area is 241 Å². The van der Waals surface area contributed by atoms with E-state index in [0.29, 0.717) is 31.4 Å². The number of carbonyl (C=O) groups excluding carboxylic acids is 3. The quantitative estimate of drug-likeness (QED) is 0.562. The number of hydrogen-bond acceptors (Lipinski definition) is 7. The predicted octanol–water partition coefficient (Wildman–Crippen LogP) is 2.05. The minimum absolute atomic E-state index is 0.0186. The monoisotopic (exact) mass is 563 g/mol. The summed E-state index contributed by atoms with van der Waals surface area (Å²) in [5, 5.41) is 18.1. The molecule has 6 aliphatic rings. The van der Waals surface area contributed by atoms with Crippen LogP contribution in [0.25, 0.3) is 0 Å². The number of nitriles is 1. The molecule has 5 atom stereocenters. The van der Waals surface area contributed by atoms with E-state index in [1.807, 2.05) is 11.6 Å². The third kappa shape index (κ3) is 4.54. The van der Waals surface area contributed by atoms with E-state index in [-0.39, 0.29) is 47.6 Å². The summed E-state index contributed by atoms with van der Waals surface area (Å²) in [7, 11) is 2.07. The number of fused-ring (bicyclic) bond motifs is 2. The number of piperidine rings is 2. The predicted molar refractivity (Wildman–Crippen MR) is 149 cm³/mol. The number of carbonyl (C=O) groups is 3. The number of likely N-dealkylation sites (N-methyl/N-ethyl adjacent to an activating group) is 1. The van der Waals surface area contributed by atoms with Gasteiger partial charge < -0.3 is 19.9 Å². The highest BCUT2D eigenvalue weighted by atomic mass is 16.5. The molecule has 11 nitrogen and oxygen atoms in total. The highest BCUT2D eigenvalue weighted by molar-refractivity contribution is 6.06. The second kappa shape index (κ2) is 10.4. The molecule has 0 spiro atoms. The molecule has 0 unspecified atom stereocenters. The van der Waals surface area contributed by atoms with Crippen molar-refractivity contribution in [2.75, 3.05) is 44.8 Å². The molecular formula is C30H41N7O4. The molecule has 11 heteroatoms. The number of nitrogens with one attached hydrogen (secondary N) is 1. The summed E-state index contributed by atoms with van der Waals surface area (Å²) in [6, 6.07) is 1.31. The van der Waals surface area contributed by atoms with Gasteiger partial charge in [0.15, 0.2) is 5.69 Å². The van der Waals surface area contributed by atoms with Crippen LogP contribution in [0.2, 0.25) is 0 Å². The zero-order valence-corrected chi connectivity index (χ0v) is 24.1. The number of anilines is 1. The van der Waals surface area contributed by atoms with Crippen molar-refractivity contribution in [1.29, 1.82) is 5.26 Å². The molecule has 0 aromatic carbocycles. The smallest absolute Gasteiger partial charge is 0.276 e. The Balaban J connectivity index is 1.31. The maximum Gasteiger partial charge on any atom is 0.276 e. The lowest BCUT2D eigenvalue weighted by Crippen LogP contribution is -2.57. The third-order valence-corrected chi connectivity index (χ3v) is 10.5. The lowest BCUT2D eigenvalue weighted by Gasteiger charge is -2.40. The first-order chi connectivity index (χ1) is 19.9. The van der Waals surface area contributed by atoms with Gasteiger partial charge in [-0.15, -0.1) is 0 Å². The van der Waals surface area contributed by atoms with E-state index in [4.69, 9.17) is 9.84 Å². The molecule has 2 saturated carbocycles. The van der Waals surface area contributed by atoms with Gasteiger partial charge in [-0.25, -0.2) is 4.68 Å². The molecule has 41 heavy (non-hydrogen) atoms. The van der Waals surface area contributed by atoms with E-state index in [1.54, 1.807) is 9.80 Å². The van der Waals surface area contributed by atoms with Gasteiger partial charge in [-0.05, 0) is 90.3 Å². The second-order valence-electron chi connectivity index (χ2n) is 13.0. The molecule has 0 radical (unpaired) electrons. The standard InChI is InChI=1S/C30H41N7O4/c1-3-35-28-24(23(17-4-5-17)25(29(35)39)32-27(38)18-6-10-34(2)11-7-18)26(33-37(28)20-8-12-41-13-9-20)30(40)36-21(16-31)14-19-15-22(19)36/h17-23,25H,3-15H2,1-2H3,(H,32,38)/t19-,21-,22+,23-,25-/m0/s1. The number of hydrogen-bond donors (Lipinski definition) is 1. The minimum Gasteiger partial charge on any atom is -0.381 e. The van der Waals surface area contributed by atoms with Gasteiger partial charge in [-0.3, -0.25) is 19.3 Å². The van der Waals surface area contributed by atoms with Gasteiger partial charge in [-0.2, -0.15) is 10.4 Å². The van der Waals surface area contributed by atoms with Crippen molar-refractivity contribution in [3.05, 3.63) is 11.3 Å². The molecule has 3 amide bonds. The fraction of sp³-hybridized carbons (Fsp3) is 0.767. The average Bonchev–Trinajstić information content (AvgIpc) is 3.91. The van der Waals surface area contributed by atoms with Crippen LogP contribution in [0.4, 0.5) is 5.82 Å². The fourth-order valence-corrected chi connectivity index (χ4v) is 7.90. The van der Waals surface area contributed by atoms with Crippen molar-refractivity contribution in [3.63, 3.8) is 0 Å². The molecule has 1 aromatic heterocycles. The lowest BCUT2D eigenvalue weighted by molar-refractivity contribution is -0.132. The van der Waals surface area contributed by atoms with Crippen LogP contribution in [0, 0.1) is 29.1 Å². The van der Waals surface area contributed by atoms with Crippen molar-refractivity contribution in [1.82, 2.24) is 24.9 Å². The summed E-state index contributed by atoms with van der Waals surface area (Å²) in [5.74, 6) is 0.536. The molecule has 220 valence electrons. The number of aromatic nitrogens is 2. The molecule has 0 bridgehead atoms. The van der Waals surface area contributed by atoms with Gasteiger partial charge >= 0.3 is 0 Å². The second-order valence-corrected chi connectivity index (χ2v) is 13.0. The maximum absolute atomic E-state index is 14.4. The van der Waals surface area contributed by atoms with Gasteiger partial charge in [0.2, 0.25) is 5.91 Å². The molecule has 4 aliphatic heterocycles. The maximum atomic E-state index is 14.4. The normalized spacial score (nSPS) is 32.4. The number of likely N-dealkylation sites (tertiary alicyclic amines) is 2. The van der Waals surface area contributed by atoms with Crippen LogP contribution >= 0.6 is 0 Å². The summed E-state index contributed by atoms with van der Waals surface area (Å²) >= 11 is 0. The zero-order chi connectivity index (χ0) is 28.4. The van der Waals surface area contributed by atoms with Crippen LogP contribution in [0.1, 0.15) is 86.3 Å². The molecule has 5 fully saturated rings. The van der Waals surface area contributed by atoms with Crippen LogP contribution in [-0.2, 0) is 14.3 Å². The van der Waals surface area contributed by atoms with Crippen molar-refractivity contribution >= 4 is 23.5 Å². The highest BCUT2D eigenvalue weighted by Gasteiger charge is 2.57. The summed E-state index contributed by atoms with van der Waals surface area (Å²) in [5.41, 5.74) is 1.18. The van der Waals surface area contributed by atoms with Crippen LogP contribution in [-0.4, -0.2) is 95.3 Å². The zero-order valence-electron chi connectivity index (χ0n) is 24.1. The van der Waals surface area contributed by atoms with Gasteiger partial charge in [0, 0.05) is 43.2 Å². The Morgan fingerprint density at radius 1 is 1.07 bits per heavy atom. The number of ether oxygens (including phenoxy) is 1. The first kappa shape index (κ1) is 26.9. The van der Waals surface area contributed by atoms with Gasteiger partial charge in [-0.1, -0.05) is 0 Å². The van der Waals surface area contributed by atoms with E-state index >= 15 is 0 Å². The van der Waals surface area contributed by atoms with E-state index in [2.05, 4.69) is 23.3 Å². The van der Waals surface area contributed by atoms with Crippen molar-refractivity contribution in [2.45, 2.75) is 88.4 Å². The van der Waals surface area contributed by atoms with Crippen molar-refractivity contribution < 1.29 is 19.1 Å². The van der Waals surface area contributed by atoms with Crippen LogP contribution in [0.5, 0.6) is 0 Å². The fourth-order valence-electron chi connectivity index (χ4n) is 7.90. The summed E-state index contributed by atoms with van der Waals surface area (Å²) in [6.07, 6.45) is 6.63. The Morgan fingerprint density at radius 2 is 1.80 bits per heavy atom. The number of nitrogens with zero attached hydrogens (tertiary/aromatic N) is 6. The summed E-state index contributed by atoms with van der Waals surface area (Å²) in [4.78, 5) is 48.0. The number of amides is 3. The van der Waals surface area contributed by atoms with E-state index in [9.17, 15) is 19.6 Å². The molecule has 1 N–H and O–H groups in total. The van der Waals surface area contributed by atoms with Crippen LogP contribution in [0.15, 0.2) is 0 Å². The molecule has 2 aliphatic carbocycles. The van der Waals surface area contributed by atoms with Gasteiger partial charge in [0.25, 0.3) is 11.8 Å². The van der Waals surface area contributed by atoms with Crippen LogP contribution in [0.3, 0.4) is 0 Å². The van der Waals surface area contributed by atoms with Crippen molar-refractivity contribution in [2.24, 2.45) is 17.8 Å². The Kier molecular flexibility index (Phi) is 6.81. The molecular weight excluding hydrogens is 522 g/mol. The van der Waals surface area contributed by atoms with E-state index in [1.165, 1.54) is 0 Å². The summed E-state index contributed by atoms with van der Waals surface area (Å²) < 4.78 is 7.56. The SMILES string of the molecule is CCN1C(=O)[C@@H](NC(=O)C2CCN(C)CC2)[C@@H](C2CC2)c2c(C(=O)N3[C@H](C#N)C[C@H]4C[C@H]43)nn(C3CCOCC3)c21. The third-order valence-electron chi connectivity index (χ3n) is 10.5. The molecule has 1 aromatic rings. The van der Waals surface area contributed by atoms with E-state index < -0.39 is 12.1 Å². The summed E-state index contributed by atoms with van der Waals surface area (Å²) in [6.45, 7) is 5.30. The first-order valence-electron chi connectivity index (χ1n) is 15.6. The van der Waals surface area contributed by atoms with Gasteiger partial charge in [0.1, 0.15) is 17.9 Å². The lowest BCUT2D eigenvalue weighted by atomic mass is 9.81.